The van der Waals surface area contributed by atoms with Crippen LogP contribution in [0.25, 0.3) is 0 Å². The zero-order valence-corrected chi connectivity index (χ0v) is 18.3. The van der Waals surface area contributed by atoms with Gasteiger partial charge in [0.2, 0.25) is 0 Å². The number of halogens is 5. The molecule has 0 spiro atoms. The minimum Gasteiger partial charge on any atom is -0.873 e. The van der Waals surface area contributed by atoms with E-state index in [1.165, 1.54) is 36.4 Å². The second kappa shape index (κ2) is 8.85. The maximum Gasteiger partial charge on any atom is 0.455 e. The van der Waals surface area contributed by atoms with Crippen LogP contribution < -0.4 is 5.11 Å². The van der Waals surface area contributed by atoms with E-state index < -0.39 is 66.0 Å². The van der Waals surface area contributed by atoms with Crippen LogP contribution in [0, 0.1) is 5.41 Å². The van der Waals surface area contributed by atoms with Crippen molar-refractivity contribution >= 4 is 23.4 Å². The van der Waals surface area contributed by atoms with E-state index in [9.17, 15) is 41.4 Å². The first-order valence-electron chi connectivity index (χ1n) is 10.6. The van der Waals surface area contributed by atoms with Gasteiger partial charge in [-0.15, -0.1) is 0 Å². The molecule has 0 aromatic heterocycles. The minimum atomic E-state index is -5.96. The van der Waals surface area contributed by atoms with Crippen molar-refractivity contribution in [2.75, 3.05) is 13.1 Å². The van der Waals surface area contributed by atoms with Gasteiger partial charge < -0.3 is 10.0 Å². The molecule has 2 aromatic rings. The van der Waals surface area contributed by atoms with Crippen LogP contribution in [-0.4, -0.2) is 64.5 Å². The number of amides is 2. The number of Topliss-reactive ketones (excluding diaryl/α,β-unsaturated/α-hetero) is 1. The average molecular weight is 506 g/mol. The lowest BCUT2D eigenvalue weighted by Gasteiger charge is -2.34. The molecule has 2 aliphatic heterocycles. The van der Waals surface area contributed by atoms with Crippen molar-refractivity contribution in [3.63, 3.8) is 0 Å². The Balaban J connectivity index is 1.65. The van der Waals surface area contributed by atoms with Gasteiger partial charge in [-0.25, -0.2) is 0 Å². The van der Waals surface area contributed by atoms with Crippen LogP contribution in [0.15, 0.2) is 65.9 Å². The number of amidine groups is 1. The Morgan fingerprint density at radius 2 is 1.44 bits per heavy atom. The topological polar surface area (TPSA) is 105 Å². The standard InChI is InChI=1S/C24H18F5N3O4/c25-23(26,24(27,28)29)12-32-16(10-13-6-2-1-3-7-13)19(34)18(20(32)30)17(33)11-31-21(35)14-8-4-5-9-15(14)22(31)36/h1-9,16,30,34H,10-12H2/p-1/t16-/m0/s1. The van der Waals surface area contributed by atoms with Gasteiger partial charge in [0.1, 0.15) is 5.84 Å². The van der Waals surface area contributed by atoms with Gasteiger partial charge in [-0.3, -0.25) is 24.7 Å². The largest absolute Gasteiger partial charge is 0.873 e. The molecule has 188 valence electrons. The second-order valence-electron chi connectivity index (χ2n) is 8.29. The van der Waals surface area contributed by atoms with E-state index in [1.54, 1.807) is 18.2 Å². The number of benzene rings is 2. The summed E-state index contributed by atoms with van der Waals surface area (Å²) in [5, 5.41) is 21.3. The molecule has 1 atom stereocenters. The monoisotopic (exact) mass is 506 g/mol. The lowest BCUT2D eigenvalue weighted by Crippen LogP contribution is -2.51. The fourth-order valence-corrected chi connectivity index (χ4v) is 4.13. The summed E-state index contributed by atoms with van der Waals surface area (Å²) in [6.45, 7) is -3.03. The molecule has 2 aromatic carbocycles. The summed E-state index contributed by atoms with van der Waals surface area (Å²) in [5.41, 5.74) is -0.508. The van der Waals surface area contributed by atoms with Crippen LogP contribution in [0.1, 0.15) is 26.3 Å². The number of hydrogen-bond donors (Lipinski definition) is 1. The summed E-state index contributed by atoms with van der Waals surface area (Å²) in [5.74, 6) is -10.4. The predicted molar refractivity (Wildman–Crippen MR) is 113 cm³/mol. The number of alkyl halides is 5. The molecule has 12 heteroatoms. The summed E-state index contributed by atoms with van der Waals surface area (Å²) >= 11 is 0. The van der Waals surface area contributed by atoms with Gasteiger partial charge in [0.05, 0.1) is 29.8 Å². The summed E-state index contributed by atoms with van der Waals surface area (Å²) in [4.78, 5) is 38.9. The first-order chi connectivity index (χ1) is 16.8. The average Bonchev–Trinajstić information content (AvgIpc) is 3.19. The minimum absolute atomic E-state index is 0.0153. The van der Waals surface area contributed by atoms with Crippen LogP contribution in [0.4, 0.5) is 22.0 Å². The zero-order chi connectivity index (χ0) is 26.4. The van der Waals surface area contributed by atoms with Crippen molar-refractivity contribution in [1.82, 2.24) is 9.80 Å². The van der Waals surface area contributed by atoms with Crippen LogP contribution in [0.2, 0.25) is 0 Å². The predicted octanol–water partition coefficient (Wildman–Crippen LogP) is 2.57. The third kappa shape index (κ3) is 4.23. The molecule has 1 N–H and O–H groups in total. The maximum atomic E-state index is 13.9. The fraction of sp³-hybridized carbons (Fsp3) is 0.250. The fourth-order valence-electron chi connectivity index (χ4n) is 4.13. The third-order valence-electron chi connectivity index (χ3n) is 5.96. The molecule has 36 heavy (non-hydrogen) atoms. The van der Waals surface area contributed by atoms with Crippen molar-refractivity contribution in [2.24, 2.45) is 0 Å². The Morgan fingerprint density at radius 1 is 0.917 bits per heavy atom. The molecule has 0 radical (unpaired) electrons. The van der Waals surface area contributed by atoms with E-state index in [4.69, 9.17) is 5.41 Å². The van der Waals surface area contributed by atoms with Gasteiger partial charge in [0, 0.05) is 6.04 Å². The Bertz CT molecular complexity index is 1260. The second-order valence-corrected chi connectivity index (χ2v) is 8.29. The van der Waals surface area contributed by atoms with Crippen molar-refractivity contribution in [2.45, 2.75) is 24.6 Å². The van der Waals surface area contributed by atoms with Crippen LogP contribution in [0.3, 0.4) is 0 Å². The van der Waals surface area contributed by atoms with E-state index in [2.05, 4.69) is 0 Å². The number of nitrogens with one attached hydrogen (secondary N) is 1. The van der Waals surface area contributed by atoms with Crippen molar-refractivity contribution in [1.29, 1.82) is 5.41 Å². The van der Waals surface area contributed by atoms with Crippen LogP contribution >= 0.6 is 0 Å². The molecule has 2 heterocycles. The van der Waals surface area contributed by atoms with Crippen molar-refractivity contribution in [3.8, 4) is 0 Å². The Kier molecular flexibility index (Phi) is 6.15. The number of imide groups is 1. The highest BCUT2D eigenvalue weighted by atomic mass is 19.4. The highest BCUT2D eigenvalue weighted by Gasteiger charge is 2.59. The van der Waals surface area contributed by atoms with E-state index in [1.807, 2.05) is 0 Å². The van der Waals surface area contributed by atoms with E-state index in [0.29, 0.717) is 10.5 Å². The van der Waals surface area contributed by atoms with Gasteiger partial charge in [0.15, 0.2) is 5.78 Å². The van der Waals surface area contributed by atoms with Crippen LogP contribution in [0.5, 0.6) is 0 Å². The van der Waals surface area contributed by atoms with Crippen molar-refractivity contribution in [3.05, 3.63) is 82.6 Å². The molecular weight excluding hydrogens is 489 g/mol. The summed E-state index contributed by atoms with van der Waals surface area (Å²) < 4.78 is 66.6. The van der Waals surface area contributed by atoms with Gasteiger partial charge >= 0.3 is 12.1 Å². The first kappa shape index (κ1) is 25.0. The highest BCUT2D eigenvalue weighted by Crippen LogP contribution is 2.39. The molecule has 0 saturated carbocycles. The number of rotatable bonds is 7. The number of ketones is 1. The van der Waals surface area contributed by atoms with E-state index >= 15 is 0 Å². The summed E-state index contributed by atoms with van der Waals surface area (Å²) in [6.07, 6.45) is -6.31. The quantitative estimate of drug-likeness (QED) is 0.459. The summed E-state index contributed by atoms with van der Waals surface area (Å²) in [7, 11) is 0. The maximum absolute atomic E-state index is 13.9. The number of fused-ring (bicyclic) bond motifs is 1. The van der Waals surface area contributed by atoms with Crippen molar-refractivity contribution < 1.29 is 41.4 Å². The Labute approximate surface area is 200 Å². The van der Waals surface area contributed by atoms with Gasteiger partial charge in [0.25, 0.3) is 11.8 Å². The summed E-state index contributed by atoms with van der Waals surface area (Å²) in [6, 6.07) is 11.8. The number of nitrogens with zero attached hydrogens (tertiary/aromatic N) is 2. The number of carbonyl (C=O) groups excluding carboxylic acids is 3. The van der Waals surface area contributed by atoms with Gasteiger partial charge in [-0.05, 0) is 24.1 Å². The number of carbonyl (C=O) groups is 3. The van der Waals surface area contributed by atoms with Crippen LogP contribution in [-0.2, 0) is 11.2 Å². The van der Waals surface area contributed by atoms with Gasteiger partial charge in [-0.1, -0.05) is 48.2 Å². The molecule has 2 aliphatic rings. The first-order valence-corrected chi connectivity index (χ1v) is 10.6. The van der Waals surface area contributed by atoms with E-state index in [-0.39, 0.29) is 22.4 Å². The lowest BCUT2D eigenvalue weighted by molar-refractivity contribution is -0.316. The zero-order valence-electron chi connectivity index (χ0n) is 18.3. The lowest BCUT2D eigenvalue weighted by atomic mass is 10.0. The van der Waals surface area contributed by atoms with E-state index in [0.717, 1.165) is 0 Å². The molecular formula is C24H17F5N3O4-. The molecule has 0 aliphatic carbocycles. The molecule has 0 fully saturated rings. The Morgan fingerprint density at radius 3 is 1.97 bits per heavy atom. The molecule has 0 saturated heterocycles. The smallest absolute Gasteiger partial charge is 0.455 e. The normalized spacial score (nSPS) is 18.4. The van der Waals surface area contributed by atoms with Gasteiger partial charge in [-0.2, -0.15) is 22.0 Å². The Hall–Kier alpha value is -4.09. The molecule has 4 rings (SSSR count). The molecule has 0 unspecified atom stereocenters. The molecule has 7 nitrogen and oxygen atoms in total. The number of hydrogen-bond acceptors (Lipinski definition) is 5. The molecule has 0 bridgehead atoms. The molecule has 2 amide bonds. The SMILES string of the molecule is N=C1C(C(=O)CN2C(=O)c3ccccc3C2=O)=C([O-])[C@H](Cc2ccccc2)N1CC(F)(F)C(F)(F)F. The third-order valence-corrected chi connectivity index (χ3v) is 5.96. The highest BCUT2D eigenvalue weighted by molar-refractivity contribution is 6.27.